The molecule has 0 radical (unpaired) electrons. The van der Waals surface area contributed by atoms with Gasteiger partial charge in [-0.15, -0.1) is 0 Å². The summed E-state index contributed by atoms with van der Waals surface area (Å²) in [4.78, 5) is 3.21. The topological polar surface area (TPSA) is 83.2 Å². The standard InChI is InChI=1S/C23H21Cl2N3O3S/c24-20-8-7-18(14-21(20)25)32(29,30)28-17-4-1-3-16(13-17)15-26-11-12-31-23-6-2-5-22-19(23)9-10-27-22/h1-10,13-14,26-28H,11-12,15H2. The zero-order valence-electron chi connectivity index (χ0n) is 16.9. The maximum absolute atomic E-state index is 12.6. The van der Waals surface area contributed by atoms with Crippen molar-refractivity contribution in [2.24, 2.45) is 0 Å². The number of H-pyrrole nitrogens is 1. The van der Waals surface area contributed by atoms with Crippen LogP contribution >= 0.6 is 23.2 Å². The number of halogens is 2. The molecule has 32 heavy (non-hydrogen) atoms. The molecule has 166 valence electrons. The van der Waals surface area contributed by atoms with E-state index in [4.69, 9.17) is 27.9 Å². The molecule has 1 heterocycles. The minimum atomic E-state index is -3.78. The molecule has 0 fully saturated rings. The molecule has 0 saturated carbocycles. The molecule has 3 N–H and O–H groups in total. The van der Waals surface area contributed by atoms with Gasteiger partial charge in [-0.2, -0.15) is 0 Å². The van der Waals surface area contributed by atoms with Crippen molar-refractivity contribution in [3.8, 4) is 5.75 Å². The largest absolute Gasteiger partial charge is 0.492 e. The minimum absolute atomic E-state index is 0.0463. The van der Waals surface area contributed by atoms with Gasteiger partial charge >= 0.3 is 0 Å². The van der Waals surface area contributed by atoms with E-state index in [0.717, 1.165) is 22.2 Å². The van der Waals surface area contributed by atoms with Crippen LogP contribution in [0.25, 0.3) is 10.9 Å². The smallest absolute Gasteiger partial charge is 0.261 e. The monoisotopic (exact) mass is 489 g/mol. The average Bonchev–Trinajstić information content (AvgIpc) is 3.25. The quantitative estimate of drug-likeness (QED) is 0.273. The first-order valence-electron chi connectivity index (χ1n) is 9.89. The van der Waals surface area contributed by atoms with Crippen LogP contribution in [-0.2, 0) is 16.6 Å². The van der Waals surface area contributed by atoms with Gasteiger partial charge in [-0.1, -0.05) is 41.4 Å². The summed E-state index contributed by atoms with van der Waals surface area (Å²) >= 11 is 11.8. The molecule has 4 rings (SSSR count). The van der Waals surface area contributed by atoms with E-state index < -0.39 is 10.0 Å². The second kappa shape index (κ2) is 9.83. The normalized spacial score (nSPS) is 11.6. The lowest BCUT2D eigenvalue weighted by Crippen LogP contribution is -2.20. The van der Waals surface area contributed by atoms with Crippen LogP contribution < -0.4 is 14.8 Å². The Labute approximate surface area is 196 Å². The second-order valence-corrected chi connectivity index (χ2v) is 9.60. The summed E-state index contributed by atoms with van der Waals surface area (Å²) in [6, 6.07) is 19.3. The Morgan fingerprint density at radius 1 is 0.938 bits per heavy atom. The molecule has 4 aromatic rings. The van der Waals surface area contributed by atoms with Gasteiger partial charge in [0.15, 0.2) is 0 Å². The average molecular weight is 490 g/mol. The molecule has 0 amide bonds. The highest BCUT2D eigenvalue weighted by molar-refractivity contribution is 7.92. The van der Waals surface area contributed by atoms with Crippen LogP contribution in [0.3, 0.4) is 0 Å². The van der Waals surface area contributed by atoms with Crippen molar-refractivity contribution in [1.82, 2.24) is 10.3 Å². The van der Waals surface area contributed by atoms with Crippen molar-refractivity contribution in [1.29, 1.82) is 0 Å². The number of anilines is 1. The van der Waals surface area contributed by atoms with Crippen LogP contribution in [0.15, 0.2) is 77.8 Å². The molecule has 0 saturated heterocycles. The SMILES string of the molecule is O=S(=O)(Nc1cccc(CNCCOc2cccc3[nH]ccc23)c1)c1ccc(Cl)c(Cl)c1. The molecule has 0 aliphatic rings. The van der Waals surface area contributed by atoms with Crippen LogP contribution in [0.1, 0.15) is 5.56 Å². The molecule has 9 heteroatoms. The summed E-state index contributed by atoms with van der Waals surface area (Å²) in [6.45, 7) is 1.72. The lowest BCUT2D eigenvalue weighted by molar-refractivity contribution is 0.317. The van der Waals surface area contributed by atoms with Crippen molar-refractivity contribution in [2.75, 3.05) is 17.9 Å². The summed E-state index contributed by atoms with van der Waals surface area (Å²) in [5, 5.41) is 4.84. The summed E-state index contributed by atoms with van der Waals surface area (Å²) in [5.74, 6) is 0.837. The van der Waals surface area contributed by atoms with E-state index in [1.165, 1.54) is 18.2 Å². The molecule has 3 aromatic carbocycles. The van der Waals surface area contributed by atoms with Gasteiger partial charge in [0.05, 0.1) is 14.9 Å². The highest BCUT2D eigenvalue weighted by atomic mass is 35.5. The van der Waals surface area contributed by atoms with Gasteiger partial charge in [-0.25, -0.2) is 8.42 Å². The number of fused-ring (bicyclic) bond motifs is 1. The van der Waals surface area contributed by atoms with Gasteiger partial charge in [0.25, 0.3) is 10.0 Å². The Morgan fingerprint density at radius 2 is 1.78 bits per heavy atom. The Bertz CT molecular complexity index is 1340. The number of hydrogen-bond donors (Lipinski definition) is 3. The van der Waals surface area contributed by atoms with Crippen molar-refractivity contribution in [3.05, 3.63) is 88.5 Å². The number of ether oxygens (including phenoxy) is 1. The summed E-state index contributed by atoms with van der Waals surface area (Å²) in [7, 11) is -3.78. The Balaban J connectivity index is 1.31. The lowest BCUT2D eigenvalue weighted by atomic mass is 10.2. The highest BCUT2D eigenvalue weighted by Crippen LogP contribution is 2.26. The van der Waals surface area contributed by atoms with Crippen LogP contribution in [0.2, 0.25) is 10.0 Å². The highest BCUT2D eigenvalue weighted by Gasteiger charge is 2.16. The number of sulfonamides is 1. The van der Waals surface area contributed by atoms with Crippen molar-refractivity contribution in [3.63, 3.8) is 0 Å². The molecular formula is C23H21Cl2N3O3S. The van der Waals surface area contributed by atoms with Gasteiger partial charge in [-0.3, -0.25) is 4.72 Å². The van der Waals surface area contributed by atoms with E-state index in [1.54, 1.807) is 18.2 Å². The van der Waals surface area contributed by atoms with Crippen molar-refractivity contribution in [2.45, 2.75) is 11.4 Å². The van der Waals surface area contributed by atoms with Gasteiger partial charge in [-0.05, 0) is 54.1 Å². The third-order valence-electron chi connectivity index (χ3n) is 4.80. The first-order valence-corrected chi connectivity index (χ1v) is 12.1. The molecule has 0 spiro atoms. The fourth-order valence-electron chi connectivity index (χ4n) is 3.25. The predicted molar refractivity (Wildman–Crippen MR) is 129 cm³/mol. The van der Waals surface area contributed by atoms with E-state index in [1.807, 2.05) is 36.5 Å². The van der Waals surface area contributed by atoms with Crippen LogP contribution in [0, 0.1) is 0 Å². The first kappa shape index (κ1) is 22.5. The molecule has 0 atom stereocenters. The number of benzene rings is 3. The van der Waals surface area contributed by atoms with E-state index in [-0.39, 0.29) is 9.92 Å². The Hall–Kier alpha value is -2.71. The second-order valence-electron chi connectivity index (χ2n) is 7.10. The van der Waals surface area contributed by atoms with Crippen LogP contribution in [-0.4, -0.2) is 26.6 Å². The minimum Gasteiger partial charge on any atom is -0.492 e. The molecule has 0 aliphatic carbocycles. The number of nitrogens with one attached hydrogen (secondary N) is 3. The lowest BCUT2D eigenvalue weighted by Gasteiger charge is -2.11. The van der Waals surface area contributed by atoms with Crippen molar-refractivity contribution < 1.29 is 13.2 Å². The third-order valence-corrected chi connectivity index (χ3v) is 6.92. The van der Waals surface area contributed by atoms with E-state index in [9.17, 15) is 8.42 Å². The number of aromatic amines is 1. The molecule has 6 nitrogen and oxygen atoms in total. The fraction of sp³-hybridized carbons (Fsp3) is 0.130. The number of rotatable bonds is 9. The fourth-order valence-corrected chi connectivity index (χ4v) is 4.69. The van der Waals surface area contributed by atoms with Gasteiger partial charge in [0.2, 0.25) is 0 Å². The maximum atomic E-state index is 12.6. The van der Waals surface area contributed by atoms with Crippen LogP contribution in [0.5, 0.6) is 5.75 Å². The third kappa shape index (κ3) is 5.37. The van der Waals surface area contributed by atoms with E-state index in [0.29, 0.717) is 30.4 Å². The molecule has 0 bridgehead atoms. The number of hydrogen-bond acceptors (Lipinski definition) is 4. The van der Waals surface area contributed by atoms with Crippen molar-refractivity contribution >= 4 is 49.8 Å². The zero-order valence-corrected chi connectivity index (χ0v) is 19.3. The summed E-state index contributed by atoms with van der Waals surface area (Å²) in [6.07, 6.45) is 1.89. The zero-order chi connectivity index (χ0) is 22.6. The van der Waals surface area contributed by atoms with Gasteiger partial charge in [0.1, 0.15) is 12.4 Å². The Morgan fingerprint density at radius 3 is 2.62 bits per heavy atom. The summed E-state index contributed by atoms with van der Waals surface area (Å²) < 4.78 is 33.7. The predicted octanol–water partition coefficient (Wildman–Crippen LogP) is 5.44. The van der Waals surface area contributed by atoms with E-state index >= 15 is 0 Å². The maximum Gasteiger partial charge on any atom is 0.261 e. The molecule has 0 unspecified atom stereocenters. The number of aromatic nitrogens is 1. The Kier molecular flexibility index (Phi) is 6.91. The molecule has 0 aliphatic heterocycles. The molecule has 1 aromatic heterocycles. The molecular weight excluding hydrogens is 469 g/mol. The van der Waals surface area contributed by atoms with Gasteiger partial charge < -0.3 is 15.0 Å². The first-order chi connectivity index (χ1) is 15.4. The van der Waals surface area contributed by atoms with Gasteiger partial charge in [0, 0.05) is 35.9 Å². The van der Waals surface area contributed by atoms with Crippen LogP contribution in [0.4, 0.5) is 5.69 Å². The summed E-state index contributed by atoms with van der Waals surface area (Å²) in [5.41, 5.74) is 2.44. The van der Waals surface area contributed by atoms with E-state index in [2.05, 4.69) is 15.0 Å².